The predicted molar refractivity (Wildman–Crippen MR) is 131 cm³/mol. The van der Waals surface area contributed by atoms with Crippen molar-refractivity contribution in [1.29, 1.82) is 0 Å². The summed E-state index contributed by atoms with van der Waals surface area (Å²) in [5, 5.41) is 12.7. The van der Waals surface area contributed by atoms with Crippen LogP contribution < -0.4 is 10.2 Å². The number of imidazole rings is 1. The summed E-state index contributed by atoms with van der Waals surface area (Å²) >= 11 is 0. The summed E-state index contributed by atoms with van der Waals surface area (Å²) in [4.78, 5) is 35.8. The second-order valence-corrected chi connectivity index (χ2v) is 8.45. The Morgan fingerprint density at radius 2 is 1.79 bits per heavy atom. The normalized spacial score (nSPS) is 14.3. The maximum Gasteiger partial charge on any atom is 0.337 e. The largest absolute Gasteiger partial charge is 0.478 e. The van der Waals surface area contributed by atoms with Gasteiger partial charge in [-0.1, -0.05) is 18.2 Å². The van der Waals surface area contributed by atoms with Gasteiger partial charge in [0.05, 0.1) is 11.3 Å². The van der Waals surface area contributed by atoms with Crippen LogP contribution >= 0.6 is 0 Å². The Morgan fingerprint density at radius 3 is 2.53 bits per heavy atom. The van der Waals surface area contributed by atoms with E-state index in [4.69, 9.17) is 0 Å². The highest BCUT2D eigenvalue weighted by molar-refractivity contribution is 6.05. The van der Waals surface area contributed by atoms with Crippen molar-refractivity contribution in [3.63, 3.8) is 0 Å². The summed E-state index contributed by atoms with van der Waals surface area (Å²) in [6.07, 6.45) is 3.50. The average molecular weight is 456 g/mol. The maximum atomic E-state index is 12.5. The second-order valence-electron chi connectivity index (χ2n) is 8.45. The molecule has 1 amide bonds. The highest BCUT2D eigenvalue weighted by Gasteiger charge is 2.26. The molecule has 5 rings (SSSR count). The lowest BCUT2D eigenvalue weighted by Gasteiger charge is -2.35. The van der Waals surface area contributed by atoms with Crippen molar-refractivity contribution >= 4 is 34.4 Å². The minimum Gasteiger partial charge on any atom is -0.478 e. The van der Waals surface area contributed by atoms with Gasteiger partial charge in [0.15, 0.2) is 5.65 Å². The molecule has 0 atom stereocenters. The molecule has 1 saturated heterocycles. The van der Waals surface area contributed by atoms with E-state index in [1.165, 1.54) is 6.07 Å². The Morgan fingerprint density at radius 1 is 1.03 bits per heavy atom. The molecule has 172 valence electrons. The molecule has 1 aliphatic heterocycles. The number of nitrogens with one attached hydrogen (secondary N) is 1. The van der Waals surface area contributed by atoms with Gasteiger partial charge in [0.2, 0.25) is 0 Å². The summed E-state index contributed by atoms with van der Waals surface area (Å²) < 4.78 is 2.20. The highest BCUT2D eigenvalue weighted by atomic mass is 16.4. The van der Waals surface area contributed by atoms with Gasteiger partial charge in [0, 0.05) is 36.6 Å². The van der Waals surface area contributed by atoms with Gasteiger partial charge < -0.3 is 19.9 Å². The zero-order valence-corrected chi connectivity index (χ0v) is 18.8. The Labute approximate surface area is 196 Å². The number of aromatic nitrogens is 3. The molecule has 1 aliphatic rings. The monoisotopic (exact) mass is 455 g/mol. The zero-order chi connectivity index (χ0) is 23.7. The number of anilines is 2. The minimum absolute atomic E-state index is 0.176. The molecule has 34 heavy (non-hydrogen) atoms. The Bertz CT molecular complexity index is 1360. The second kappa shape index (κ2) is 8.97. The first-order valence-corrected chi connectivity index (χ1v) is 11.3. The molecule has 0 spiro atoms. The number of carboxylic acids is 1. The molecule has 8 heteroatoms. The zero-order valence-electron chi connectivity index (χ0n) is 18.8. The standard InChI is InChI=1S/C26H25N5O3/c1-17-28-22-8-5-13-27-24(22)31(17)20-11-14-30(15-12-20)23-10-9-19(16-21(23)26(33)34)29-25(32)18-6-3-2-4-7-18/h2-10,13,16,20H,11-12,14-15H2,1H3,(H,29,32)(H,33,34). The van der Waals surface area contributed by atoms with Gasteiger partial charge in [-0.05, 0) is 62.2 Å². The van der Waals surface area contributed by atoms with E-state index >= 15 is 0 Å². The number of hydrogen-bond donors (Lipinski definition) is 2. The third kappa shape index (κ3) is 4.10. The van der Waals surface area contributed by atoms with E-state index < -0.39 is 5.97 Å². The van der Waals surface area contributed by atoms with Crippen LogP contribution in [0.2, 0.25) is 0 Å². The number of carbonyl (C=O) groups is 2. The van der Waals surface area contributed by atoms with Gasteiger partial charge in [-0.15, -0.1) is 0 Å². The van der Waals surface area contributed by atoms with E-state index in [0.29, 0.717) is 30.0 Å². The molecule has 3 heterocycles. The number of pyridine rings is 1. The number of rotatable bonds is 5. The number of amides is 1. The molecule has 0 aliphatic carbocycles. The van der Waals surface area contributed by atoms with Gasteiger partial charge in [-0.25, -0.2) is 14.8 Å². The minimum atomic E-state index is -1.02. The van der Waals surface area contributed by atoms with Crippen molar-refractivity contribution in [2.45, 2.75) is 25.8 Å². The first-order chi connectivity index (χ1) is 16.5. The van der Waals surface area contributed by atoms with Crippen LogP contribution in [0.5, 0.6) is 0 Å². The lowest BCUT2D eigenvalue weighted by molar-refractivity contribution is 0.0697. The molecule has 8 nitrogen and oxygen atoms in total. The highest BCUT2D eigenvalue weighted by Crippen LogP contribution is 2.32. The molecule has 2 N–H and O–H groups in total. The van der Waals surface area contributed by atoms with Crippen molar-refractivity contribution in [2.24, 2.45) is 0 Å². The van der Waals surface area contributed by atoms with Gasteiger partial charge in [0.25, 0.3) is 5.91 Å². The number of aromatic carboxylic acids is 1. The van der Waals surface area contributed by atoms with Crippen LogP contribution in [0, 0.1) is 6.92 Å². The van der Waals surface area contributed by atoms with E-state index in [1.807, 2.05) is 25.1 Å². The molecule has 2 aromatic carbocycles. The first-order valence-electron chi connectivity index (χ1n) is 11.3. The summed E-state index contributed by atoms with van der Waals surface area (Å²) in [5.41, 5.74) is 3.59. The van der Waals surface area contributed by atoms with Crippen molar-refractivity contribution in [2.75, 3.05) is 23.3 Å². The van der Waals surface area contributed by atoms with Crippen LogP contribution in [0.25, 0.3) is 11.2 Å². The third-order valence-electron chi connectivity index (χ3n) is 6.32. The van der Waals surface area contributed by atoms with Crippen molar-refractivity contribution in [1.82, 2.24) is 14.5 Å². The molecule has 0 bridgehead atoms. The predicted octanol–water partition coefficient (Wildman–Crippen LogP) is 4.53. The summed E-state index contributed by atoms with van der Waals surface area (Å²) in [6.45, 7) is 3.43. The molecule has 4 aromatic rings. The van der Waals surface area contributed by atoms with E-state index in [1.54, 1.807) is 42.6 Å². The van der Waals surface area contributed by atoms with Crippen LogP contribution in [-0.4, -0.2) is 44.6 Å². The van der Waals surface area contributed by atoms with Crippen LogP contribution in [0.4, 0.5) is 11.4 Å². The van der Waals surface area contributed by atoms with Crippen molar-refractivity contribution in [3.8, 4) is 0 Å². The number of carbonyl (C=O) groups excluding carboxylic acids is 1. The molecule has 0 saturated carbocycles. The molecule has 2 aromatic heterocycles. The molecular formula is C26H25N5O3. The average Bonchev–Trinajstić information content (AvgIpc) is 3.20. The van der Waals surface area contributed by atoms with E-state index in [-0.39, 0.29) is 17.5 Å². The number of hydrogen-bond acceptors (Lipinski definition) is 5. The first kappa shape index (κ1) is 21.6. The number of benzene rings is 2. The number of fused-ring (bicyclic) bond motifs is 1. The van der Waals surface area contributed by atoms with Gasteiger partial charge in [-0.2, -0.15) is 0 Å². The quantitative estimate of drug-likeness (QED) is 0.459. The lowest BCUT2D eigenvalue weighted by Crippen LogP contribution is -2.35. The molecule has 0 radical (unpaired) electrons. The van der Waals surface area contributed by atoms with Crippen LogP contribution in [-0.2, 0) is 0 Å². The number of piperidine rings is 1. The Kier molecular flexibility index (Phi) is 5.71. The summed E-state index contributed by atoms with van der Waals surface area (Å²) in [5.74, 6) is -0.354. The van der Waals surface area contributed by atoms with Gasteiger partial charge >= 0.3 is 5.97 Å². The number of aryl methyl sites for hydroxylation is 1. The fourth-order valence-electron chi connectivity index (χ4n) is 4.70. The van der Waals surface area contributed by atoms with Crippen molar-refractivity contribution in [3.05, 3.63) is 83.8 Å². The fourth-order valence-corrected chi connectivity index (χ4v) is 4.70. The van der Waals surface area contributed by atoms with Crippen LogP contribution in [0.15, 0.2) is 66.9 Å². The Balaban J connectivity index is 1.33. The van der Waals surface area contributed by atoms with E-state index in [9.17, 15) is 14.7 Å². The third-order valence-corrected chi connectivity index (χ3v) is 6.32. The molecular weight excluding hydrogens is 430 g/mol. The lowest BCUT2D eigenvalue weighted by atomic mass is 10.0. The smallest absolute Gasteiger partial charge is 0.337 e. The SMILES string of the molecule is Cc1nc2cccnc2n1C1CCN(c2ccc(NC(=O)c3ccccc3)cc2C(=O)O)CC1. The van der Waals surface area contributed by atoms with E-state index in [2.05, 4.69) is 24.8 Å². The topological polar surface area (TPSA) is 100 Å². The molecule has 0 unspecified atom stereocenters. The summed E-state index contributed by atoms with van der Waals surface area (Å²) in [7, 11) is 0. The van der Waals surface area contributed by atoms with Gasteiger partial charge in [-0.3, -0.25) is 4.79 Å². The summed E-state index contributed by atoms with van der Waals surface area (Å²) in [6, 6.07) is 18.0. The van der Waals surface area contributed by atoms with Crippen LogP contribution in [0.1, 0.15) is 45.4 Å². The fraction of sp³-hybridized carbons (Fsp3) is 0.231. The van der Waals surface area contributed by atoms with Crippen molar-refractivity contribution < 1.29 is 14.7 Å². The van der Waals surface area contributed by atoms with E-state index in [0.717, 1.165) is 29.8 Å². The number of carboxylic acid groups (broad SMARTS) is 1. The van der Waals surface area contributed by atoms with Crippen LogP contribution in [0.3, 0.4) is 0 Å². The Hall–Kier alpha value is -4.20. The van der Waals surface area contributed by atoms with Gasteiger partial charge in [0.1, 0.15) is 11.3 Å². The molecule has 1 fully saturated rings. The maximum absolute atomic E-state index is 12.5. The number of nitrogens with zero attached hydrogens (tertiary/aromatic N) is 4.